The lowest BCUT2D eigenvalue weighted by Crippen LogP contribution is -2.19. The van der Waals surface area contributed by atoms with E-state index >= 15 is 0 Å². The maximum Gasteiger partial charge on any atom is 0.310 e. The first kappa shape index (κ1) is 16.5. The molecular formula is C18H20N2O3S. The highest BCUT2D eigenvalue weighted by atomic mass is 32.2. The molecule has 5 nitrogen and oxygen atoms in total. The normalized spacial score (nSPS) is 11.7. The molecule has 6 heteroatoms. The summed E-state index contributed by atoms with van der Waals surface area (Å²) in [5.41, 5.74) is 1.85. The molecule has 2 aromatic carbocycles. The minimum atomic E-state index is -3.66. The van der Waals surface area contributed by atoms with Gasteiger partial charge in [0.2, 0.25) is 0 Å². The van der Waals surface area contributed by atoms with Crippen molar-refractivity contribution >= 4 is 21.2 Å². The van der Waals surface area contributed by atoms with Crippen LogP contribution < -0.4 is 4.18 Å². The molecule has 0 aliphatic carbocycles. The molecule has 0 saturated heterocycles. The second kappa shape index (κ2) is 7.05. The molecule has 0 saturated carbocycles. The summed E-state index contributed by atoms with van der Waals surface area (Å²) in [7, 11) is -3.66. The van der Waals surface area contributed by atoms with Crippen LogP contribution in [0.5, 0.6) is 5.75 Å². The van der Waals surface area contributed by atoms with Crippen molar-refractivity contribution in [1.82, 2.24) is 9.55 Å². The number of aryl methyl sites for hydroxylation is 2. The van der Waals surface area contributed by atoms with Gasteiger partial charge in [0.25, 0.3) is 0 Å². The Morgan fingerprint density at radius 1 is 1.04 bits per heavy atom. The molecule has 0 N–H and O–H groups in total. The Morgan fingerprint density at radius 3 is 2.50 bits per heavy atom. The molecule has 0 spiro atoms. The van der Waals surface area contributed by atoms with E-state index in [9.17, 15) is 8.42 Å². The van der Waals surface area contributed by atoms with E-state index in [1.54, 1.807) is 24.3 Å². The van der Waals surface area contributed by atoms with Gasteiger partial charge in [-0.05, 0) is 30.7 Å². The average molecular weight is 344 g/mol. The predicted molar refractivity (Wildman–Crippen MR) is 94.6 cm³/mol. The van der Waals surface area contributed by atoms with Gasteiger partial charge in [-0.25, -0.2) is 4.98 Å². The summed E-state index contributed by atoms with van der Waals surface area (Å²) in [4.78, 5) is 4.61. The highest BCUT2D eigenvalue weighted by Crippen LogP contribution is 2.18. The summed E-state index contributed by atoms with van der Waals surface area (Å²) in [6.07, 6.45) is 1.77. The summed E-state index contributed by atoms with van der Waals surface area (Å²) in [6.45, 7) is 2.41. The van der Waals surface area contributed by atoms with E-state index in [1.165, 1.54) is 0 Å². The van der Waals surface area contributed by atoms with Gasteiger partial charge in [0.15, 0.2) is 0 Å². The lowest BCUT2D eigenvalue weighted by molar-refractivity contribution is 0.481. The van der Waals surface area contributed by atoms with E-state index in [-0.39, 0.29) is 5.75 Å². The van der Waals surface area contributed by atoms with E-state index < -0.39 is 10.1 Å². The van der Waals surface area contributed by atoms with Gasteiger partial charge in [0.05, 0.1) is 11.0 Å². The van der Waals surface area contributed by atoms with Crippen LogP contribution in [0.15, 0.2) is 54.6 Å². The van der Waals surface area contributed by atoms with Crippen LogP contribution in [0.4, 0.5) is 0 Å². The highest BCUT2D eigenvalue weighted by Gasteiger charge is 2.16. The fraction of sp³-hybridized carbons (Fsp3) is 0.278. The first-order valence-corrected chi connectivity index (χ1v) is 9.58. The zero-order valence-electron chi connectivity index (χ0n) is 13.6. The number of hydrogen-bond acceptors (Lipinski definition) is 4. The number of rotatable bonds is 7. The lowest BCUT2D eigenvalue weighted by Gasteiger charge is -2.10. The molecule has 0 aliphatic rings. The van der Waals surface area contributed by atoms with Gasteiger partial charge >= 0.3 is 10.1 Å². The van der Waals surface area contributed by atoms with Crippen molar-refractivity contribution in [2.45, 2.75) is 26.3 Å². The van der Waals surface area contributed by atoms with Crippen LogP contribution >= 0.6 is 0 Å². The molecule has 0 aliphatic heterocycles. The quantitative estimate of drug-likeness (QED) is 0.616. The van der Waals surface area contributed by atoms with Crippen molar-refractivity contribution in [3.63, 3.8) is 0 Å². The smallest absolute Gasteiger partial charge is 0.310 e. The van der Waals surface area contributed by atoms with Gasteiger partial charge in [-0.3, -0.25) is 0 Å². The van der Waals surface area contributed by atoms with Gasteiger partial charge in [-0.1, -0.05) is 37.3 Å². The Kier molecular flexibility index (Phi) is 4.85. The van der Waals surface area contributed by atoms with Crippen molar-refractivity contribution in [3.8, 4) is 5.75 Å². The Labute approximate surface area is 142 Å². The zero-order chi connectivity index (χ0) is 17.0. The molecule has 3 rings (SSSR count). The Morgan fingerprint density at radius 2 is 1.75 bits per heavy atom. The molecule has 0 radical (unpaired) electrons. The minimum absolute atomic E-state index is 0.0983. The second-order valence-corrected chi connectivity index (χ2v) is 7.27. The van der Waals surface area contributed by atoms with Gasteiger partial charge in [-0.15, -0.1) is 0 Å². The average Bonchev–Trinajstić information content (AvgIpc) is 2.91. The molecule has 0 bridgehead atoms. The Hall–Kier alpha value is -2.34. The Balaban J connectivity index is 1.80. The van der Waals surface area contributed by atoms with Gasteiger partial charge in [0, 0.05) is 13.0 Å². The first-order valence-electron chi connectivity index (χ1n) is 8.00. The third kappa shape index (κ3) is 3.76. The van der Waals surface area contributed by atoms with E-state index in [4.69, 9.17) is 4.18 Å². The standard InChI is InChI=1S/C18H20N2O3S/c1-2-8-18-19-16-11-6-7-12-17(16)20(18)13-14-24(21,22)23-15-9-4-3-5-10-15/h3-7,9-12H,2,8,13-14H2,1H3. The van der Waals surface area contributed by atoms with E-state index in [0.29, 0.717) is 12.3 Å². The molecular weight excluding hydrogens is 324 g/mol. The number of imidazole rings is 1. The summed E-state index contributed by atoms with van der Waals surface area (Å²) in [5, 5.41) is 0. The third-order valence-corrected chi connectivity index (χ3v) is 4.87. The van der Waals surface area contributed by atoms with E-state index in [2.05, 4.69) is 11.9 Å². The van der Waals surface area contributed by atoms with Crippen molar-refractivity contribution in [2.75, 3.05) is 5.75 Å². The number of aromatic nitrogens is 2. The van der Waals surface area contributed by atoms with Crippen molar-refractivity contribution in [2.24, 2.45) is 0 Å². The largest absolute Gasteiger partial charge is 0.382 e. The zero-order valence-corrected chi connectivity index (χ0v) is 14.4. The van der Waals surface area contributed by atoms with Crippen LogP contribution in [-0.4, -0.2) is 23.7 Å². The molecule has 24 heavy (non-hydrogen) atoms. The van der Waals surface area contributed by atoms with Gasteiger partial charge in [0.1, 0.15) is 17.3 Å². The first-order chi connectivity index (χ1) is 11.6. The summed E-state index contributed by atoms with van der Waals surface area (Å²) >= 11 is 0. The molecule has 0 unspecified atom stereocenters. The third-order valence-electron chi connectivity index (χ3n) is 3.74. The molecule has 126 valence electrons. The molecule has 0 amide bonds. The molecule has 3 aromatic rings. The molecule has 1 aromatic heterocycles. The highest BCUT2D eigenvalue weighted by molar-refractivity contribution is 7.87. The minimum Gasteiger partial charge on any atom is -0.382 e. The number of para-hydroxylation sites is 3. The van der Waals surface area contributed by atoms with Crippen molar-refractivity contribution in [3.05, 3.63) is 60.4 Å². The Bertz CT molecular complexity index is 918. The van der Waals surface area contributed by atoms with Gasteiger partial charge < -0.3 is 8.75 Å². The maximum atomic E-state index is 12.2. The fourth-order valence-corrected chi connectivity index (χ4v) is 3.55. The molecule has 0 atom stereocenters. The lowest BCUT2D eigenvalue weighted by atomic mass is 10.3. The number of hydrogen-bond donors (Lipinski definition) is 0. The van der Waals surface area contributed by atoms with Gasteiger partial charge in [-0.2, -0.15) is 8.42 Å². The number of nitrogens with zero attached hydrogens (tertiary/aromatic N) is 2. The van der Waals surface area contributed by atoms with Crippen LogP contribution in [0.25, 0.3) is 11.0 Å². The second-order valence-electron chi connectivity index (χ2n) is 5.58. The number of fused-ring (bicyclic) bond motifs is 1. The van der Waals surface area contributed by atoms with Crippen LogP contribution in [0.2, 0.25) is 0 Å². The predicted octanol–water partition coefficient (Wildman–Crippen LogP) is 3.40. The molecule has 1 heterocycles. The van der Waals surface area contributed by atoms with Crippen molar-refractivity contribution < 1.29 is 12.6 Å². The number of benzene rings is 2. The summed E-state index contributed by atoms with van der Waals surface area (Å²) in [5.74, 6) is 1.15. The monoisotopic (exact) mass is 344 g/mol. The van der Waals surface area contributed by atoms with Crippen LogP contribution in [-0.2, 0) is 23.1 Å². The fourth-order valence-electron chi connectivity index (χ4n) is 2.66. The van der Waals surface area contributed by atoms with Crippen LogP contribution in [0.1, 0.15) is 19.2 Å². The SMILES string of the molecule is CCCc1nc2ccccc2n1CCS(=O)(=O)Oc1ccccc1. The van der Waals surface area contributed by atoms with Crippen molar-refractivity contribution in [1.29, 1.82) is 0 Å². The maximum absolute atomic E-state index is 12.2. The molecule has 0 fully saturated rings. The topological polar surface area (TPSA) is 61.2 Å². The van der Waals surface area contributed by atoms with E-state index in [0.717, 1.165) is 29.7 Å². The summed E-state index contributed by atoms with van der Waals surface area (Å²) < 4.78 is 31.6. The van der Waals surface area contributed by atoms with Crippen LogP contribution in [0.3, 0.4) is 0 Å². The van der Waals surface area contributed by atoms with Crippen LogP contribution in [0, 0.1) is 0 Å². The summed E-state index contributed by atoms with van der Waals surface area (Å²) in [6, 6.07) is 16.3. The van der Waals surface area contributed by atoms with E-state index in [1.807, 2.05) is 34.9 Å².